The van der Waals surface area contributed by atoms with E-state index in [4.69, 9.17) is 0 Å². The Balaban J connectivity index is 1.55. The molecule has 29 heavy (non-hydrogen) atoms. The van der Waals surface area contributed by atoms with Gasteiger partial charge in [0, 0.05) is 23.8 Å². The number of amides is 1. The van der Waals surface area contributed by atoms with Crippen LogP contribution in [0.1, 0.15) is 45.2 Å². The number of hydrogen-bond acceptors (Lipinski definition) is 5. The van der Waals surface area contributed by atoms with E-state index in [1.54, 1.807) is 18.3 Å². The van der Waals surface area contributed by atoms with Gasteiger partial charge in [0.25, 0.3) is 5.91 Å². The first-order valence-electron chi connectivity index (χ1n) is 9.03. The molecule has 3 aromatic heterocycles. The van der Waals surface area contributed by atoms with Gasteiger partial charge < -0.3 is 5.32 Å². The summed E-state index contributed by atoms with van der Waals surface area (Å²) in [4.78, 5) is 20.6. The number of unbranched alkanes of at least 4 members (excludes halogenated alkanes) is 1. The van der Waals surface area contributed by atoms with Crippen molar-refractivity contribution in [3.8, 4) is 5.82 Å². The molecule has 0 aliphatic rings. The van der Waals surface area contributed by atoms with Gasteiger partial charge in [-0.2, -0.15) is 18.3 Å². The molecule has 10 heteroatoms. The Labute approximate surface area is 169 Å². The number of nitrogens with one attached hydrogen (secondary N) is 1. The molecule has 0 atom stereocenters. The van der Waals surface area contributed by atoms with E-state index in [-0.39, 0.29) is 11.7 Å². The molecule has 0 radical (unpaired) electrons. The monoisotopic (exact) mass is 423 g/mol. The van der Waals surface area contributed by atoms with Crippen molar-refractivity contribution >= 4 is 17.2 Å². The average molecular weight is 423 g/mol. The number of rotatable bonds is 7. The van der Waals surface area contributed by atoms with Crippen molar-refractivity contribution < 1.29 is 18.0 Å². The van der Waals surface area contributed by atoms with E-state index in [0.29, 0.717) is 17.8 Å². The van der Waals surface area contributed by atoms with Gasteiger partial charge in [-0.05, 0) is 45.2 Å². The molecule has 0 aromatic carbocycles. The van der Waals surface area contributed by atoms with Crippen LogP contribution in [-0.4, -0.2) is 32.2 Å². The molecule has 6 nitrogen and oxygen atoms in total. The van der Waals surface area contributed by atoms with Crippen LogP contribution in [0, 0.1) is 13.8 Å². The Morgan fingerprint density at radius 3 is 2.62 bits per heavy atom. The summed E-state index contributed by atoms with van der Waals surface area (Å²) in [7, 11) is 0. The predicted octanol–water partition coefficient (Wildman–Crippen LogP) is 4.11. The lowest BCUT2D eigenvalue weighted by Gasteiger charge is -2.08. The fourth-order valence-corrected chi connectivity index (χ4v) is 3.58. The lowest BCUT2D eigenvalue weighted by atomic mass is 10.2. The van der Waals surface area contributed by atoms with Crippen LogP contribution >= 0.6 is 11.3 Å². The molecular weight excluding hydrogens is 403 g/mol. The summed E-state index contributed by atoms with van der Waals surface area (Å²) in [5, 5.41) is 10.0. The van der Waals surface area contributed by atoms with Crippen LogP contribution in [-0.2, 0) is 12.6 Å². The highest BCUT2D eigenvalue weighted by molar-refractivity contribution is 7.09. The molecule has 0 saturated heterocycles. The van der Waals surface area contributed by atoms with Crippen molar-refractivity contribution in [2.24, 2.45) is 0 Å². The fraction of sp³-hybridized carbons (Fsp3) is 0.368. The van der Waals surface area contributed by atoms with E-state index >= 15 is 0 Å². The SMILES string of the molecule is Cc1csc(CCCCNC(=O)c2cnn(-c3ccc(C(F)(F)F)cn3)c2C)n1. The minimum Gasteiger partial charge on any atom is -0.352 e. The Morgan fingerprint density at radius 2 is 2.00 bits per heavy atom. The van der Waals surface area contributed by atoms with Crippen molar-refractivity contribution in [1.82, 2.24) is 25.1 Å². The lowest BCUT2D eigenvalue weighted by Crippen LogP contribution is -2.25. The number of alkyl halides is 3. The largest absolute Gasteiger partial charge is 0.417 e. The first-order chi connectivity index (χ1) is 13.8. The normalized spacial score (nSPS) is 11.6. The molecule has 3 aromatic rings. The van der Waals surface area contributed by atoms with Crippen LogP contribution in [0.25, 0.3) is 5.82 Å². The molecule has 0 saturated carbocycles. The highest BCUT2D eigenvalue weighted by Crippen LogP contribution is 2.28. The average Bonchev–Trinajstić information content (AvgIpc) is 3.26. The number of carbonyl (C=O) groups is 1. The standard InChI is InChI=1S/C19H20F3N5OS/c1-12-11-29-17(26-12)5-3-4-8-23-18(28)15-10-25-27(13(15)2)16-7-6-14(9-24-16)19(20,21)22/h6-7,9-11H,3-5,8H2,1-2H3,(H,23,28). The number of aromatic nitrogens is 4. The van der Waals surface area contributed by atoms with Crippen molar-refractivity contribution in [1.29, 1.82) is 0 Å². The maximum Gasteiger partial charge on any atom is 0.417 e. The van der Waals surface area contributed by atoms with E-state index in [2.05, 4.69) is 20.4 Å². The number of carbonyl (C=O) groups excluding carboxylic acids is 1. The molecule has 0 aliphatic heterocycles. The third-order valence-corrected chi connectivity index (χ3v) is 5.34. The van der Waals surface area contributed by atoms with Crippen LogP contribution in [0.4, 0.5) is 13.2 Å². The van der Waals surface area contributed by atoms with E-state index in [1.165, 1.54) is 16.9 Å². The molecule has 3 rings (SSSR count). The molecule has 0 bridgehead atoms. The minimum atomic E-state index is -4.45. The van der Waals surface area contributed by atoms with Crippen molar-refractivity contribution in [3.63, 3.8) is 0 Å². The zero-order valence-corrected chi connectivity index (χ0v) is 16.8. The number of pyridine rings is 1. The van der Waals surface area contributed by atoms with Gasteiger partial charge in [-0.3, -0.25) is 4.79 Å². The van der Waals surface area contributed by atoms with Gasteiger partial charge in [-0.1, -0.05) is 0 Å². The maximum atomic E-state index is 12.7. The highest BCUT2D eigenvalue weighted by Gasteiger charge is 2.30. The maximum absolute atomic E-state index is 12.7. The zero-order chi connectivity index (χ0) is 21.0. The number of aryl methyl sites for hydroxylation is 2. The predicted molar refractivity (Wildman–Crippen MR) is 103 cm³/mol. The highest BCUT2D eigenvalue weighted by atomic mass is 32.1. The van der Waals surface area contributed by atoms with Gasteiger partial charge in [0.15, 0.2) is 5.82 Å². The first-order valence-corrected chi connectivity index (χ1v) is 9.91. The van der Waals surface area contributed by atoms with E-state index in [9.17, 15) is 18.0 Å². The molecule has 1 N–H and O–H groups in total. The number of thiazole rings is 1. The molecule has 0 aliphatic carbocycles. The fourth-order valence-electron chi connectivity index (χ4n) is 2.76. The van der Waals surface area contributed by atoms with Gasteiger partial charge in [0.05, 0.1) is 28.0 Å². The second kappa shape index (κ2) is 8.73. The first kappa shape index (κ1) is 21.0. The van der Waals surface area contributed by atoms with Gasteiger partial charge >= 0.3 is 6.18 Å². The van der Waals surface area contributed by atoms with Gasteiger partial charge in [-0.15, -0.1) is 11.3 Å². The van der Waals surface area contributed by atoms with Crippen LogP contribution in [0.5, 0.6) is 0 Å². The Hall–Kier alpha value is -2.75. The Kier molecular flexibility index (Phi) is 6.31. The molecule has 154 valence electrons. The summed E-state index contributed by atoms with van der Waals surface area (Å²) in [6, 6.07) is 2.16. The van der Waals surface area contributed by atoms with E-state index < -0.39 is 11.7 Å². The summed E-state index contributed by atoms with van der Waals surface area (Å²) in [6.07, 6.45) is 0.306. The van der Waals surface area contributed by atoms with Crippen molar-refractivity contribution in [3.05, 3.63) is 57.4 Å². The third kappa shape index (κ3) is 5.20. The van der Waals surface area contributed by atoms with Crippen molar-refractivity contribution in [2.45, 2.75) is 39.3 Å². The molecule has 0 fully saturated rings. The number of hydrogen-bond donors (Lipinski definition) is 1. The van der Waals surface area contributed by atoms with Gasteiger partial charge in [0.2, 0.25) is 0 Å². The summed E-state index contributed by atoms with van der Waals surface area (Å²) >= 11 is 1.64. The van der Waals surface area contributed by atoms with Gasteiger partial charge in [0.1, 0.15) is 0 Å². The van der Waals surface area contributed by atoms with Gasteiger partial charge in [-0.25, -0.2) is 14.6 Å². The summed E-state index contributed by atoms with van der Waals surface area (Å²) in [5.74, 6) is -0.0564. The quantitative estimate of drug-likeness (QED) is 0.581. The summed E-state index contributed by atoms with van der Waals surface area (Å²) in [5.41, 5.74) is 1.06. The molecule has 3 heterocycles. The van der Waals surface area contributed by atoms with E-state index in [1.807, 2.05) is 12.3 Å². The zero-order valence-electron chi connectivity index (χ0n) is 16.0. The van der Waals surface area contributed by atoms with Crippen LogP contribution in [0.15, 0.2) is 29.9 Å². The molecular formula is C19H20F3N5OS. The Bertz CT molecular complexity index is 979. The number of halogens is 3. The minimum absolute atomic E-state index is 0.216. The Morgan fingerprint density at radius 1 is 1.21 bits per heavy atom. The van der Waals surface area contributed by atoms with E-state index in [0.717, 1.165) is 42.2 Å². The third-order valence-electron chi connectivity index (χ3n) is 4.32. The summed E-state index contributed by atoms with van der Waals surface area (Å²) in [6.45, 7) is 4.15. The second-order valence-electron chi connectivity index (χ2n) is 6.55. The molecule has 1 amide bonds. The smallest absolute Gasteiger partial charge is 0.352 e. The molecule has 0 unspecified atom stereocenters. The van der Waals surface area contributed by atoms with Crippen LogP contribution in [0.3, 0.4) is 0 Å². The number of nitrogens with zero attached hydrogens (tertiary/aromatic N) is 4. The topological polar surface area (TPSA) is 72.7 Å². The second-order valence-corrected chi connectivity index (χ2v) is 7.50. The van der Waals surface area contributed by atoms with Crippen LogP contribution in [0.2, 0.25) is 0 Å². The lowest BCUT2D eigenvalue weighted by molar-refractivity contribution is -0.137. The summed E-state index contributed by atoms with van der Waals surface area (Å²) < 4.78 is 39.3. The van der Waals surface area contributed by atoms with Crippen molar-refractivity contribution in [2.75, 3.05) is 6.54 Å². The van der Waals surface area contributed by atoms with Crippen LogP contribution < -0.4 is 5.32 Å². The molecule has 0 spiro atoms.